The molecule has 0 fully saturated rings. The minimum absolute atomic E-state index is 0.197. The van der Waals surface area contributed by atoms with Crippen LogP contribution >= 0.6 is 11.3 Å². The van der Waals surface area contributed by atoms with E-state index in [9.17, 15) is 9.59 Å². The average Bonchev–Trinajstić information content (AvgIpc) is 2.74. The number of nitrogens with two attached hydrogens (primary N) is 1. The lowest BCUT2D eigenvalue weighted by molar-refractivity contribution is 0.0529. The second kappa shape index (κ2) is 6.60. The molecule has 0 aromatic carbocycles. The molecule has 2 N–H and O–H groups in total. The maximum Gasteiger partial charge on any atom is 0.343 e. The Hall–Kier alpha value is -1.76. The van der Waals surface area contributed by atoms with Crippen LogP contribution in [0.2, 0.25) is 0 Å². The first kappa shape index (κ1) is 16.3. The minimum atomic E-state index is -0.491. The lowest BCUT2D eigenvalue weighted by Crippen LogP contribution is -2.22. The Kier molecular flexibility index (Phi) is 5.38. The zero-order valence-corrected chi connectivity index (χ0v) is 13.3. The topological polar surface area (TPSA) is 75.9 Å². The van der Waals surface area contributed by atoms with Gasteiger partial charge in [-0.2, -0.15) is 0 Å². The standard InChI is InChI=1S/C13H21N3O3S/c1-6-16(5)12-8(13(18)19-7-2)9(14)10(20-12)11(17)15(3)4/h6-7,14H2,1-5H3. The summed E-state index contributed by atoms with van der Waals surface area (Å²) < 4.78 is 5.03. The zero-order chi connectivity index (χ0) is 15.4. The summed E-state index contributed by atoms with van der Waals surface area (Å²) in [6.45, 7) is 4.65. The Morgan fingerprint density at radius 1 is 1.25 bits per heavy atom. The number of rotatable bonds is 5. The number of ether oxygens (including phenoxy) is 1. The van der Waals surface area contributed by atoms with Gasteiger partial charge in [0.25, 0.3) is 5.91 Å². The number of amides is 1. The normalized spacial score (nSPS) is 10.2. The van der Waals surface area contributed by atoms with Gasteiger partial charge in [-0.25, -0.2) is 4.79 Å². The molecule has 20 heavy (non-hydrogen) atoms. The second-order valence-electron chi connectivity index (χ2n) is 4.46. The summed E-state index contributed by atoms with van der Waals surface area (Å²) in [6.07, 6.45) is 0. The number of carbonyl (C=O) groups is 2. The third-order valence-corrected chi connectivity index (χ3v) is 4.14. The van der Waals surface area contributed by atoms with Crippen LogP contribution in [0.25, 0.3) is 0 Å². The predicted octanol–water partition coefficient (Wildman–Crippen LogP) is 1.66. The number of carbonyl (C=O) groups excluding carboxylic acids is 2. The molecule has 6 nitrogen and oxygen atoms in total. The molecular weight excluding hydrogens is 278 g/mol. The fourth-order valence-electron chi connectivity index (χ4n) is 1.61. The summed E-state index contributed by atoms with van der Waals surface area (Å²) in [4.78, 5) is 27.9. The maximum absolute atomic E-state index is 12.1. The molecule has 0 atom stereocenters. The molecule has 0 spiro atoms. The highest BCUT2D eigenvalue weighted by Gasteiger charge is 2.28. The Bertz CT molecular complexity index is 511. The van der Waals surface area contributed by atoms with E-state index in [4.69, 9.17) is 10.5 Å². The maximum atomic E-state index is 12.1. The van der Waals surface area contributed by atoms with E-state index in [1.807, 2.05) is 18.9 Å². The molecule has 0 unspecified atom stereocenters. The molecule has 0 aliphatic heterocycles. The van der Waals surface area contributed by atoms with Gasteiger partial charge in [0.05, 0.1) is 12.3 Å². The highest BCUT2D eigenvalue weighted by Crippen LogP contribution is 2.38. The molecule has 0 saturated carbocycles. The number of nitrogens with zero attached hydrogens (tertiary/aromatic N) is 2. The molecule has 1 rings (SSSR count). The molecule has 0 saturated heterocycles. The molecule has 1 heterocycles. The Morgan fingerprint density at radius 3 is 2.30 bits per heavy atom. The van der Waals surface area contributed by atoms with Gasteiger partial charge in [-0.15, -0.1) is 11.3 Å². The molecule has 0 radical (unpaired) electrons. The van der Waals surface area contributed by atoms with Crippen molar-refractivity contribution < 1.29 is 14.3 Å². The van der Waals surface area contributed by atoms with Crippen LogP contribution in [0.4, 0.5) is 10.7 Å². The Labute approximate surface area is 123 Å². The quantitative estimate of drug-likeness (QED) is 0.837. The Morgan fingerprint density at radius 2 is 1.85 bits per heavy atom. The summed E-state index contributed by atoms with van der Waals surface area (Å²) in [6, 6.07) is 0. The third kappa shape index (κ3) is 3.04. The zero-order valence-electron chi connectivity index (χ0n) is 12.5. The van der Waals surface area contributed by atoms with Gasteiger partial charge in [-0.1, -0.05) is 0 Å². The van der Waals surface area contributed by atoms with Crippen LogP contribution in [0.3, 0.4) is 0 Å². The van der Waals surface area contributed by atoms with Gasteiger partial charge in [0.1, 0.15) is 15.4 Å². The average molecular weight is 299 g/mol. The van der Waals surface area contributed by atoms with Crippen LogP contribution < -0.4 is 10.6 Å². The van der Waals surface area contributed by atoms with E-state index < -0.39 is 5.97 Å². The van der Waals surface area contributed by atoms with E-state index in [2.05, 4.69) is 0 Å². The van der Waals surface area contributed by atoms with Crippen molar-refractivity contribution in [2.24, 2.45) is 0 Å². The van der Waals surface area contributed by atoms with Crippen molar-refractivity contribution in [2.75, 3.05) is 44.9 Å². The summed E-state index contributed by atoms with van der Waals surface area (Å²) >= 11 is 1.22. The first-order valence-electron chi connectivity index (χ1n) is 6.37. The van der Waals surface area contributed by atoms with Crippen molar-refractivity contribution in [1.82, 2.24) is 4.90 Å². The van der Waals surface area contributed by atoms with E-state index in [-0.39, 0.29) is 23.8 Å². The third-order valence-electron chi connectivity index (χ3n) is 2.83. The van der Waals surface area contributed by atoms with Crippen LogP contribution in [-0.4, -0.2) is 51.1 Å². The van der Waals surface area contributed by atoms with Crippen molar-refractivity contribution in [1.29, 1.82) is 0 Å². The van der Waals surface area contributed by atoms with Gasteiger partial charge in [0.15, 0.2) is 0 Å². The minimum Gasteiger partial charge on any atom is -0.462 e. The molecule has 7 heteroatoms. The van der Waals surface area contributed by atoms with E-state index in [0.717, 1.165) is 0 Å². The van der Waals surface area contributed by atoms with Crippen molar-refractivity contribution >= 4 is 33.9 Å². The molecule has 0 bridgehead atoms. The molecule has 1 aromatic rings. The van der Waals surface area contributed by atoms with Crippen molar-refractivity contribution in [3.63, 3.8) is 0 Å². The highest BCUT2D eigenvalue weighted by molar-refractivity contribution is 7.19. The van der Waals surface area contributed by atoms with E-state index in [0.29, 0.717) is 16.4 Å². The summed E-state index contributed by atoms with van der Waals surface area (Å²) in [7, 11) is 5.14. The smallest absolute Gasteiger partial charge is 0.343 e. The number of nitrogen functional groups attached to an aromatic ring is 1. The molecule has 1 amide bonds. The predicted molar refractivity (Wildman–Crippen MR) is 81.6 cm³/mol. The number of anilines is 2. The SMILES string of the molecule is CCOC(=O)c1c(N(C)CC)sc(C(=O)N(C)C)c1N. The molecule has 1 aromatic heterocycles. The monoisotopic (exact) mass is 299 g/mol. The van der Waals surface area contributed by atoms with Crippen LogP contribution in [-0.2, 0) is 4.74 Å². The van der Waals surface area contributed by atoms with Gasteiger partial charge in [0, 0.05) is 27.7 Å². The second-order valence-corrected chi connectivity index (χ2v) is 5.46. The van der Waals surface area contributed by atoms with Gasteiger partial charge in [-0.3, -0.25) is 4.79 Å². The van der Waals surface area contributed by atoms with Crippen molar-refractivity contribution in [2.45, 2.75) is 13.8 Å². The van der Waals surface area contributed by atoms with E-state index >= 15 is 0 Å². The van der Waals surface area contributed by atoms with Gasteiger partial charge < -0.3 is 20.3 Å². The summed E-state index contributed by atoms with van der Waals surface area (Å²) in [5.41, 5.74) is 6.48. The molecule has 0 aliphatic carbocycles. The largest absolute Gasteiger partial charge is 0.462 e. The summed E-state index contributed by atoms with van der Waals surface area (Å²) in [5.74, 6) is -0.705. The lowest BCUT2D eigenvalue weighted by atomic mass is 10.2. The van der Waals surface area contributed by atoms with Crippen molar-refractivity contribution in [3.8, 4) is 0 Å². The van der Waals surface area contributed by atoms with Gasteiger partial charge in [0.2, 0.25) is 0 Å². The number of esters is 1. The summed E-state index contributed by atoms with van der Waals surface area (Å²) in [5, 5.41) is 0.661. The van der Waals surface area contributed by atoms with E-state index in [1.54, 1.807) is 21.0 Å². The van der Waals surface area contributed by atoms with Crippen molar-refractivity contribution in [3.05, 3.63) is 10.4 Å². The Balaban J connectivity index is 3.39. The number of hydrogen-bond acceptors (Lipinski definition) is 6. The van der Waals surface area contributed by atoms with Crippen LogP contribution in [0, 0.1) is 0 Å². The fraction of sp³-hybridized carbons (Fsp3) is 0.538. The molecule has 0 aliphatic rings. The van der Waals surface area contributed by atoms with Crippen LogP contribution in [0.5, 0.6) is 0 Å². The fourth-order valence-corrected chi connectivity index (χ4v) is 2.86. The highest BCUT2D eigenvalue weighted by atomic mass is 32.1. The van der Waals surface area contributed by atoms with Crippen LogP contribution in [0.15, 0.2) is 0 Å². The molecule has 112 valence electrons. The van der Waals surface area contributed by atoms with Crippen LogP contribution in [0.1, 0.15) is 33.9 Å². The lowest BCUT2D eigenvalue weighted by Gasteiger charge is -2.16. The van der Waals surface area contributed by atoms with E-state index in [1.165, 1.54) is 16.2 Å². The first-order chi connectivity index (χ1) is 9.34. The first-order valence-corrected chi connectivity index (χ1v) is 7.18. The number of hydrogen-bond donors (Lipinski definition) is 1. The van der Waals surface area contributed by atoms with Gasteiger partial charge in [-0.05, 0) is 13.8 Å². The van der Waals surface area contributed by atoms with Gasteiger partial charge >= 0.3 is 5.97 Å². The number of thiophene rings is 1. The molecular formula is C13H21N3O3S.